The number of carbonyl (C=O) groups is 2. The van der Waals surface area contributed by atoms with E-state index >= 15 is 0 Å². The number of aliphatic hydroxyl groups excluding tert-OH is 1. The fourth-order valence-corrected chi connectivity index (χ4v) is 2.29. The maximum absolute atomic E-state index is 12.0. The molecule has 1 heterocycles. The fourth-order valence-electron chi connectivity index (χ4n) is 2.29. The van der Waals surface area contributed by atoms with Crippen molar-refractivity contribution in [2.75, 3.05) is 18.4 Å². The van der Waals surface area contributed by atoms with Gasteiger partial charge in [-0.1, -0.05) is 19.1 Å². The summed E-state index contributed by atoms with van der Waals surface area (Å²) in [4.78, 5) is 25.3. The Morgan fingerprint density at radius 3 is 2.65 bits per heavy atom. The van der Waals surface area contributed by atoms with Gasteiger partial charge in [0.15, 0.2) is 0 Å². The average Bonchev–Trinajstić information content (AvgIpc) is 2.47. The minimum absolute atomic E-state index is 0.237. The Morgan fingerprint density at radius 1 is 1.35 bits per heavy atom. The highest BCUT2D eigenvalue weighted by molar-refractivity contribution is 6.39. The van der Waals surface area contributed by atoms with Gasteiger partial charge in [-0.25, -0.2) is 0 Å². The van der Waals surface area contributed by atoms with Gasteiger partial charge in [-0.3, -0.25) is 9.59 Å². The number of anilines is 1. The van der Waals surface area contributed by atoms with Crippen LogP contribution < -0.4 is 5.32 Å². The number of nitrogens with one attached hydrogen (secondary N) is 1. The topological polar surface area (TPSA) is 69.6 Å². The summed E-state index contributed by atoms with van der Waals surface area (Å²) in [5.74, 6) is -1.23. The molecule has 2 amide bonds. The molecule has 1 aromatic carbocycles. The van der Waals surface area contributed by atoms with E-state index in [1.54, 1.807) is 12.1 Å². The van der Waals surface area contributed by atoms with E-state index in [-0.39, 0.29) is 6.54 Å². The first-order chi connectivity index (χ1) is 9.60. The summed E-state index contributed by atoms with van der Waals surface area (Å²) in [6.07, 6.45) is 1.82. The molecular weight excluding hydrogens is 256 g/mol. The minimum atomic E-state index is -0.650. The van der Waals surface area contributed by atoms with Crippen LogP contribution in [-0.4, -0.2) is 41.0 Å². The number of hydrogen-bond acceptors (Lipinski definition) is 3. The third-order valence-electron chi connectivity index (χ3n) is 3.50. The monoisotopic (exact) mass is 276 g/mol. The van der Waals surface area contributed by atoms with Crippen molar-refractivity contribution in [1.29, 1.82) is 0 Å². The van der Waals surface area contributed by atoms with Gasteiger partial charge in [-0.15, -0.1) is 0 Å². The predicted octanol–water partition coefficient (Wildman–Crippen LogP) is 1.17. The molecule has 1 aliphatic heterocycles. The Kier molecular flexibility index (Phi) is 4.74. The van der Waals surface area contributed by atoms with Gasteiger partial charge in [0.25, 0.3) is 0 Å². The summed E-state index contributed by atoms with van der Waals surface area (Å²) in [7, 11) is 0. The van der Waals surface area contributed by atoms with Gasteiger partial charge < -0.3 is 15.3 Å². The second kappa shape index (κ2) is 6.52. The van der Waals surface area contributed by atoms with Gasteiger partial charge in [0.2, 0.25) is 0 Å². The molecular formula is C15H20N2O3. The molecule has 5 heteroatoms. The minimum Gasteiger partial charge on any atom is -0.391 e. The van der Waals surface area contributed by atoms with Gasteiger partial charge in [0.05, 0.1) is 6.10 Å². The van der Waals surface area contributed by atoms with E-state index < -0.39 is 17.9 Å². The summed E-state index contributed by atoms with van der Waals surface area (Å²) < 4.78 is 0. The predicted molar refractivity (Wildman–Crippen MR) is 76.3 cm³/mol. The Morgan fingerprint density at radius 2 is 2.05 bits per heavy atom. The van der Waals surface area contributed by atoms with Crippen LogP contribution in [0.1, 0.15) is 25.3 Å². The Bertz CT molecular complexity index is 484. The first kappa shape index (κ1) is 14.5. The number of piperidine rings is 1. The third kappa shape index (κ3) is 3.57. The summed E-state index contributed by atoms with van der Waals surface area (Å²) in [5.41, 5.74) is 1.78. The molecule has 2 N–H and O–H groups in total. The van der Waals surface area contributed by atoms with Crippen LogP contribution in [0.4, 0.5) is 5.69 Å². The molecule has 1 atom stereocenters. The molecule has 1 saturated heterocycles. The Labute approximate surface area is 118 Å². The summed E-state index contributed by atoms with van der Waals surface area (Å²) >= 11 is 0. The van der Waals surface area contributed by atoms with Crippen LogP contribution in [-0.2, 0) is 16.0 Å². The Balaban J connectivity index is 1.94. The number of rotatable bonds is 2. The lowest BCUT2D eigenvalue weighted by Gasteiger charge is -2.29. The van der Waals surface area contributed by atoms with Crippen molar-refractivity contribution in [2.24, 2.45) is 0 Å². The van der Waals surface area contributed by atoms with Crippen molar-refractivity contribution in [3.05, 3.63) is 29.8 Å². The van der Waals surface area contributed by atoms with Gasteiger partial charge in [-0.05, 0) is 37.0 Å². The standard InChI is InChI=1S/C15H20N2O3/c1-2-11-5-7-12(8-6-11)16-14(19)15(20)17-9-3-4-13(18)10-17/h5-8,13,18H,2-4,9-10H2,1H3,(H,16,19). The maximum Gasteiger partial charge on any atom is 0.313 e. The zero-order chi connectivity index (χ0) is 14.5. The van der Waals surface area contributed by atoms with Crippen LogP contribution in [0.3, 0.4) is 0 Å². The van der Waals surface area contributed by atoms with E-state index in [1.165, 1.54) is 10.5 Å². The largest absolute Gasteiger partial charge is 0.391 e. The third-order valence-corrected chi connectivity index (χ3v) is 3.50. The number of nitrogens with zero attached hydrogens (tertiary/aromatic N) is 1. The van der Waals surface area contributed by atoms with E-state index in [1.807, 2.05) is 12.1 Å². The van der Waals surface area contributed by atoms with E-state index in [2.05, 4.69) is 12.2 Å². The molecule has 20 heavy (non-hydrogen) atoms. The zero-order valence-electron chi connectivity index (χ0n) is 11.6. The van der Waals surface area contributed by atoms with E-state index in [9.17, 15) is 14.7 Å². The van der Waals surface area contributed by atoms with Crippen molar-refractivity contribution >= 4 is 17.5 Å². The van der Waals surface area contributed by atoms with Crippen molar-refractivity contribution in [3.8, 4) is 0 Å². The smallest absolute Gasteiger partial charge is 0.313 e. The lowest BCUT2D eigenvalue weighted by Crippen LogP contribution is -2.46. The van der Waals surface area contributed by atoms with Crippen molar-refractivity contribution in [2.45, 2.75) is 32.3 Å². The molecule has 0 saturated carbocycles. The number of carbonyl (C=O) groups excluding carboxylic acids is 2. The number of aliphatic hydroxyl groups is 1. The SMILES string of the molecule is CCc1ccc(NC(=O)C(=O)N2CCCC(O)C2)cc1. The number of hydrogen-bond donors (Lipinski definition) is 2. The van der Waals surface area contributed by atoms with E-state index in [0.717, 1.165) is 12.8 Å². The first-order valence-corrected chi connectivity index (χ1v) is 6.97. The van der Waals surface area contributed by atoms with Crippen molar-refractivity contribution < 1.29 is 14.7 Å². The molecule has 108 valence electrons. The highest BCUT2D eigenvalue weighted by atomic mass is 16.3. The number of aryl methyl sites for hydroxylation is 1. The average molecular weight is 276 g/mol. The molecule has 0 aromatic heterocycles. The molecule has 5 nitrogen and oxygen atoms in total. The normalized spacial score (nSPS) is 18.7. The number of amides is 2. The van der Waals surface area contributed by atoms with Crippen LogP contribution in [0.5, 0.6) is 0 Å². The van der Waals surface area contributed by atoms with Crippen LogP contribution in [0.2, 0.25) is 0 Å². The summed E-state index contributed by atoms with van der Waals surface area (Å²) in [6.45, 7) is 2.82. The quantitative estimate of drug-likeness (QED) is 0.797. The molecule has 0 spiro atoms. The van der Waals surface area contributed by atoms with E-state index in [0.29, 0.717) is 18.7 Å². The number of likely N-dealkylation sites (tertiary alicyclic amines) is 1. The molecule has 2 rings (SSSR count). The number of benzene rings is 1. The second-order valence-corrected chi connectivity index (χ2v) is 5.05. The highest BCUT2D eigenvalue weighted by Gasteiger charge is 2.26. The van der Waals surface area contributed by atoms with Crippen LogP contribution in [0.15, 0.2) is 24.3 Å². The number of β-amino-alcohol motifs (C(OH)–C–C–N with tert-alkyl or cyclic N) is 1. The van der Waals surface area contributed by atoms with Gasteiger partial charge in [0.1, 0.15) is 0 Å². The van der Waals surface area contributed by atoms with Crippen LogP contribution >= 0.6 is 0 Å². The van der Waals surface area contributed by atoms with Gasteiger partial charge in [0, 0.05) is 18.8 Å². The van der Waals surface area contributed by atoms with Crippen LogP contribution in [0, 0.1) is 0 Å². The Hall–Kier alpha value is -1.88. The van der Waals surface area contributed by atoms with Crippen LogP contribution in [0.25, 0.3) is 0 Å². The highest BCUT2D eigenvalue weighted by Crippen LogP contribution is 2.12. The maximum atomic E-state index is 12.0. The molecule has 0 radical (unpaired) electrons. The summed E-state index contributed by atoms with van der Waals surface area (Å²) in [6, 6.07) is 7.42. The summed E-state index contributed by atoms with van der Waals surface area (Å²) in [5, 5.41) is 12.1. The lowest BCUT2D eigenvalue weighted by molar-refractivity contribution is -0.145. The fraction of sp³-hybridized carbons (Fsp3) is 0.467. The van der Waals surface area contributed by atoms with E-state index in [4.69, 9.17) is 0 Å². The molecule has 1 fully saturated rings. The second-order valence-electron chi connectivity index (χ2n) is 5.05. The molecule has 1 aromatic rings. The lowest BCUT2D eigenvalue weighted by atomic mass is 10.1. The molecule has 1 aliphatic rings. The molecule has 1 unspecified atom stereocenters. The van der Waals surface area contributed by atoms with Crippen molar-refractivity contribution in [1.82, 2.24) is 4.90 Å². The van der Waals surface area contributed by atoms with Gasteiger partial charge in [-0.2, -0.15) is 0 Å². The first-order valence-electron chi connectivity index (χ1n) is 6.97. The zero-order valence-corrected chi connectivity index (χ0v) is 11.6. The molecule has 0 aliphatic carbocycles. The molecule has 0 bridgehead atoms. The van der Waals surface area contributed by atoms with Gasteiger partial charge >= 0.3 is 11.8 Å². The van der Waals surface area contributed by atoms with Crippen molar-refractivity contribution in [3.63, 3.8) is 0 Å².